The second kappa shape index (κ2) is 9.12. The van der Waals surface area contributed by atoms with Crippen molar-refractivity contribution in [3.63, 3.8) is 0 Å². The van der Waals surface area contributed by atoms with Gasteiger partial charge < -0.3 is 10.0 Å². The minimum absolute atomic E-state index is 0.108. The number of aliphatic hydroxyl groups is 1. The van der Waals surface area contributed by atoms with Crippen LogP contribution in [0.25, 0.3) is 0 Å². The van der Waals surface area contributed by atoms with Crippen LogP contribution in [0.3, 0.4) is 0 Å². The van der Waals surface area contributed by atoms with Gasteiger partial charge in [0.05, 0.1) is 6.10 Å². The summed E-state index contributed by atoms with van der Waals surface area (Å²) < 4.78 is 0. The minimum Gasteiger partial charge on any atom is -0.391 e. The maximum Gasteiger partial charge on any atom is 0.0732 e. The fourth-order valence-corrected chi connectivity index (χ4v) is 3.88. The fourth-order valence-electron chi connectivity index (χ4n) is 2.42. The number of hydrogen-bond acceptors (Lipinski definition) is 3. The molecule has 0 fully saturated rings. The Morgan fingerprint density at radius 2 is 1.75 bits per heavy atom. The molecule has 0 heterocycles. The van der Waals surface area contributed by atoms with Gasteiger partial charge in [0.15, 0.2) is 0 Å². The highest BCUT2D eigenvalue weighted by Gasteiger charge is 2.16. The number of thioether (sulfide) groups is 1. The first-order valence-corrected chi connectivity index (χ1v) is 9.60. The summed E-state index contributed by atoms with van der Waals surface area (Å²) in [5, 5.41) is 11.6. The van der Waals surface area contributed by atoms with E-state index < -0.39 is 0 Å². The molecule has 0 bridgehead atoms. The molecule has 2 aromatic carbocycles. The minimum atomic E-state index is -0.369. The Balaban J connectivity index is 1.96. The standard InChI is InChI=1S/C19H23Cl2NOS/c1-13(19(23)11-22(2)3)14-5-8-17(9-6-14)24-12-15-4-7-16(20)10-18(15)21/h4-10,13,19,23H,11-12H2,1-3H3. The lowest BCUT2D eigenvalue weighted by Gasteiger charge is -2.22. The second-order valence-corrected chi connectivity index (χ2v) is 8.10. The van der Waals surface area contributed by atoms with Gasteiger partial charge in [0.2, 0.25) is 0 Å². The first-order valence-electron chi connectivity index (χ1n) is 7.86. The van der Waals surface area contributed by atoms with E-state index in [9.17, 15) is 5.11 Å². The van der Waals surface area contributed by atoms with Crippen LogP contribution in [0.1, 0.15) is 24.0 Å². The first kappa shape index (κ1) is 19.6. The Kier molecular flexibility index (Phi) is 7.45. The van der Waals surface area contributed by atoms with Crippen LogP contribution in [-0.4, -0.2) is 36.8 Å². The third-order valence-electron chi connectivity index (χ3n) is 3.94. The van der Waals surface area contributed by atoms with Crippen molar-refractivity contribution in [2.75, 3.05) is 20.6 Å². The molecule has 0 aliphatic carbocycles. The summed E-state index contributed by atoms with van der Waals surface area (Å²) in [5.41, 5.74) is 2.23. The molecule has 0 spiro atoms. The monoisotopic (exact) mass is 383 g/mol. The molecule has 130 valence electrons. The van der Waals surface area contributed by atoms with E-state index in [-0.39, 0.29) is 12.0 Å². The van der Waals surface area contributed by atoms with Crippen LogP contribution < -0.4 is 0 Å². The van der Waals surface area contributed by atoms with Crippen LogP contribution >= 0.6 is 35.0 Å². The van der Waals surface area contributed by atoms with Gasteiger partial charge in [-0.15, -0.1) is 11.8 Å². The van der Waals surface area contributed by atoms with Crippen molar-refractivity contribution in [1.29, 1.82) is 0 Å². The summed E-state index contributed by atoms with van der Waals surface area (Å²) in [6.07, 6.45) is -0.369. The maximum absolute atomic E-state index is 10.2. The molecule has 2 aromatic rings. The van der Waals surface area contributed by atoms with Crippen molar-refractivity contribution in [2.45, 2.75) is 29.6 Å². The number of hydrogen-bond donors (Lipinski definition) is 1. The average Bonchev–Trinajstić information content (AvgIpc) is 2.53. The Hall–Kier alpha value is -0.710. The zero-order valence-corrected chi connectivity index (χ0v) is 16.5. The summed E-state index contributed by atoms with van der Waals surface area (Å²) in [5.74, 6) is 0.908. The van der Waals surface area contributed by atoms with Gasteiger partial charge in [-0.05, 0) is 49.5 Å². The molecule has 2 nitrogen and oxygen atoms in total. The third-order valence-corrected chi connectivity index (χ3v) is 5.59. The Morgan fingerprint density at radius 1 is 1.08 bits per heavy atom. The molecule has 0 amide bonds. The lowest BCUT2D eigenvalue weighted by molar-refractivity contribution is 0.115. The molecule has 24 heavy (non-hydrogen) atoms. The van der Waals surface area contributed by atoms with Crippen molar-refractivity contribution in [2.24, 2.45) is 0 Å². The van der Waals surface area contributed by atoms with Crippen LogP contribution in [0.4, 0.5) is 0 Å². The van der Waals surface area contributed by atoms with Crippen LogP contribution in [0.15, 0.2) is 47.4 Å². The Bertz CT molecular complexity index is 661. The van der Waals surface area contributed by atoms with Gasteiger partial charge in [-0.25, -0.2) is 0 Å². The van der Waals surface area contributed by atoms with Crippen LogP contribution in [0.2, 0.25) is 10.0 Å². The number of aliphatic hydroxyl groups excluding tert-OH is 1. The zero-order valence-electron chi connectivity index (χ0n) is 14.2. The smallest absolute Gasteiger partial charge is 0.0732 e. The van der Waals surface area contributed by atoms with E-state index in [2.05, 4.69) is 31.2 Å². The van der Waals surface area contributed by atoms with Crippen LogP contribution in [0.5, 0.6) is 0 Å². The molecule has 5 heteroatoms. The van der Waals surface area contributed by atoms with Gasteiger partial charge in [0, 0.05) is 33.2 Å². The highest BCUT2D eigenvalue weighted by Crippen LogP contribution is 2.30. The third kappa shape index (κ3) is 5.68. The van der Waals surface area contributed by atoms with Crippen molar-refractivity contribution in [3.8, 4) is 0 Å². The SMILES string of the molecule is CC(c1ccc(SCc2ccc(Cl)cc2Cl)cc1)C(O)CN(C)C. The zero-order chi connectivity index (χ0) is 17.7. The predicted octanol–water partition coefficient (Wildman–Crippen LogP) is 5.31. The average molecular weight is 384 g/mol. The lowest BCUT2D eigenvalue weighted by atomic mass is 9.95. The Morgan fingerprint density at radius 3 is 2.33 bits per heavy atom. The van der Waals surface area contributed by atoms with E-state index in [1.165, 1.54) is 4.90 Å². The number of likely N-dealkylation sites (N-methyl/N-ethyl adjacent to an activating group) is 1. The molecule has 0 saturated carbocycles. The molecular formula is C19H23Cl2NOS. The largest absolute Gasteiger partial charge is 0.391 e. The number of rotatable bonds is 7. The number of benzene rings is 2. The summed E-state index contributed by atoms with van der Waals surface area (Å²) in [6, 6.07) is 14.0. The molecule has 2 atom stereocenters. The molecule has 0 saturated heterocycles. The number of halogens is 2. The molecule has 1 N–H and O–H groups in total. The van der Waals surface area contributed by atoms with E-state index in [1.807, 2.05) is 31.1 Å². The summed E-state index contributed by atoms with van der Waals surface area (Å²) >= 11 is 13.9. The second-order valence-electron chi connectivity index (χ2n) is 6.21. The van der Waals surface area contributed by atoms with Gasteiger partial charge >= 0.3 is 0 Å². The first-order chi connectivity index (χ1) is 11.4. The molecule has 2 rings (SSSR count). The fraction of sp³-hybridized carbons (Fsp3) is 0.368. The van der Waals surface area contributed by atoms with Gasteiger partial charge in [0.1, 0.15) is 0 Å². The van der Waals surface area contributed by atoms with Gasteiger partial charge in [-0.3, -0.25) is 0 Å². The van der Waals surface area contributed by atoms with Gasteiger partial charge in [-0.1, -0.05) is 48.3 Å². The maximum atomic E-state index is 10.2. The summed E-state index contributed by atoms with van der Waals surface area (Å²) in [4.78, 5) is 3.18. The van der Waals surface area contributed by atoms with Gasteiger partial charge in [-0.2, -0.15) is 0 Å². The van der Waals surface area contributed by atoms with E-state index in [4.69, 9.17) is 23.2 Å². The molecule has 0 aromatic heterocycles. The van der Waals surface area contributed by atoms with E-state index in [1.54, 1.807) is 17.8 Å². The quantitative estimate of drug-likeness (QED) is 0.655. The molecule has 0 aliphatic rings. The highest BCUT2D eigenvalue weighted by atomic mass is 35.5. The van der Waals surface area contributed by atoms with Gasteiger partial charge in [0.25, 0.3) is 0 Å². The van der Waals surface area contributed by atoms with Crippen molar-refractivity contribution in [3.05, 3.63) is 63.6 Å². The van der Waals surface area contributed by atoms with Crippen molar-refractivity contribution < 1.29 is 5.11 Å². The number of nitrogens with zero attached hydrogens (tertiary/aromatic N) is 1. The Labute approximate surface area is 158 Å². The molecule has 2 unspecified atom stereocenters. The van der Waals surface area contributed by atoms with Crippen LogP contribution in [-0.2, 0) is 5.75 Å². The predicted molar refractivity (Wildman–Crippen MR) is 105 cm³/mol. The van der Waals surface area contributed by atoms with E-state index in [0.29, 0.717) is 16.6 Å². The lowest BCUT2D eigenvalue weighted by Crippen LogP contribution is -2.29. The van der Waals surface area contributed by atoms with E-state index in [0.717, 1.165) is 16.9 Å². The molecular weight excluding hydrogens is 361 g/mol. The van der Waals surface area contributed by atoms with E-state index >= 15 is 0 Å². The van der Waals surface area contributed by atoms with Crippen molar-refractivity contribution >= 4 is 35.0 Å². The normalized spacial score (nSPS) is 14.0. The highest BCUT2D eigenvalue weighted by molar-refractivity contribution is 7.98. The summed E-state index contributed by atoms with van der Waals surface area (Å²) in [6.45, 7) is 2.72. The summed E-state index contributed by atoms with van der Waals surface area (Å²) in [7, 11) is 3.94. The molecule has 0 radical (unpaired) electrons. The molecule has 0 aliphatic heterocycles. The topological polar surface area (TPSA) is 23.5 Å². The van der Waals surface area contributed by atoms with Crippen LogP contribution in [0, 0.1) is 0 Å². The van der Waals surface area contributed by atoms with Crippen molar-refractivity contribution in [1.82, 2.24) is 4.90 Å².